The van der Waals surface area contributed by atoms with E-state index < -0.39 is 26.0 Å². The number of ether oxygens (including phenoxy) is 1. The summed E-state index contributed by atoms with van der Waals surface area (Å²) in [6.45, 7) is 14.6. The van der Waals surface area contributed by atoms with Gasteiger partial charge in [-0.1, -0.05) is 46.3 Å². The Bertz CT molecular complexity index is 1480. The first kappa shape index (κ1) is 35.8. The van der Waals surface area contributed by atoms with E-state index in [1.54, 1.807) is 45.5 Å². The van der Waals surface area contributed by atoms with Crippen molar-refractivity contribution < 1.29 is 18.7 Å². The van der Waals surface area contributed by atoms with Gasteiger partial charge in [0.2, 0.25) is 11.9 Å². The maximum atomic E-state index is 15.7. The van der Waals surface area contributed by atoms with Gasteiger partial charge in [-0.3, -0.25) is 14.3 Å². The Hall–Kier alpha value is -3.03. The molecular formula is C33H50FN7O3SSi. The minimum Gasteiger partial charge on any atom is -0.360 e. The molecule has 0 saturated heterocycles. The van der Waals surface area contributed by atoms with Crippen LogP contribution in [0.25, 0.3) is 11.1 Å². The standard InChI is InChI=1S/C33H50FN7O3SSi/c1-8-26-29(23(3)39-41(26)21-44-18-20-46(5,6)7)25-13-14-28(36-31(25)34)37-33(43)30(24-11-9-22(2)10-12-24)38-32(42)27-15-16-35-40(27)17-19-45-4/h13-16,22,24,30H,8-12,17-21H2,1-7H3,(H,38,42)(H,36,37,43)/t22?,24?,30-/m0/s1. The molecule has 13 heteroatoms. The molecule has 46 heavy (non-hydrogen) atoms. The summed E-state index contributed by atoms with van der Waals surface area (Å²) in [4.78, 5) is 31.3. The van der Waals surface area contributed by atoms with Gasteiger partial charge < -0.3 is 15.4 Å². The number of halogens is 1. The number of nitrogens with zero attached hydrogens (tertiary/aromatic N) is 5. The number of hydrogen-bond donors (Lipinski definition) is 2. The summed E-state index contributed by atoms with van der Waals surface area (Å²) in [5.74, 6) is -0.0131. The van der Waals surface area contributed by atoms with E-state index in [4.69, 9.17) is 4.74 Å². The molecule has 1 aliphatic rings. The SMILES string of the molecule is CCc1c(-c2ccc(NC(=O)[C@@H](NC(=O)c3ccnn3CCSC)C3CCC(C)CC3)nc2F)c(C)nn1COCC[Si](C)(C)C. The second-order valence-corrected chi connectivity index (χ2v) is 20.1. The molecule has 0 aromatic carbocycles. The number of carbonyl (C=O) groups is 2. The average Bonchev–Trinajstić information content (AvgIpc) is 3.60. The molecule has 252 valence electrons. The third kappa shape index (κ3) is 9.28. The van der Waals surface area contributed by atoms with Gasteiger partial charge in [0.25, 0.3) is 5.91 Å². The summed E-state index contributed by atoms with van der Waals surface area (Å²) in [6.07, 6.45) is 7.83. The summed E-state index contributed by atoms with van der Waals surface area (Å²) in [5.41, 5.74) is 2.99. The Kier molecular flexibility index (Phi) is 12.6. The molecule has 1 saturated carbocycles. The van der Waals surface area contributed by atoms with E-state index >= 15 is 4.39 Å². The number of aromatic nitrogens is 5. The van der Waals surface area contributed by atoms with Crippen molar-refractivity contribution >= 4 is 37.5 Å². The van der Waals surface area contributed by atoms with E-state index in [-0.39, 0.29) is 17.6 Å². The zero-order valence-electron chi connectivity index (χ0n) is 28.4. The number of thioether (sulfide) groups is 1. The van der Waals surface area contributed by atoms with Crippen molar-refractivity contribution in [1.82, 2.24) is 29.9 Å². The molecule has 3 aromatic heterocycles. The number of pyridine rings is 1. The summed E-state index contributed by atoms with van der Waals surface area (Å²) in [5, 5.41) is 14.7. The lowest BCUT2D eigenvalue weighted by Gasteiger charge is -2.32. The molecule has 0 bridgehead atoms. The Morgan fingerprint density at radius 3 is 2.54 bits per heavy atom. The van der Waals surface area contributed by atoms with Crippen LogP contribution in [0.15, 0.2) is 24.4 Å². The van der Waals surface area contributed by atoms with Gasteiger partial charge in [0.1, 0.15) is 24.3 Å². The fourth-order valence-corrected chi connectivity index (χ4v) is 7.10. The lowest BCUT2D eigenvalue weighted by molar-refractivity contribution is -0.119. The molecule has 2 amide bonds. The quantitative estimate of drug-likeness (QED) is 0.109. The highest BCUT2D eigenvalue weighted by Gasteiger charge is 2.34. The van der Waals surface area contributed by atoms with E-state index in [1.165, 1.54) is 0 Å². The predicted octanol–water partition coefficient (Wildman–Crippen LogP) is 6.39. The molecule has 10 nitrogen and oxygen atoms in total. The van der Waals surface area contributed by atoms with Crippen LogP contribution < -0.4 is 10.6 Å². The van der Waals surface area contributed by atoms with Crippen LogP contribution in [0.4, 0.5) is 10.2 Å². The van der Waals surface area contributed by atoms with Crippen molar-refractivity contribution in [2.45, 2.75) is 97.9 Å². The van der Waals surface area contributed by atoms with Gasteiger partial charge in [0, 0.05) is 43.5 Å². The highest BCUT2D eigenvalue weighted by molar-refractivity contribution is 7.98. The first-order valence-corrected chi connectivity index (χ1v) is 21.4. The molecule has 0 unspecified atom stereocenters. The van der Waals surface area contributed by atoms with Gasteiger partial charge >= 0.3 is 0 Å². The smallest absolute Gasteiger partial charge is 0.270 e. The van der Waals surface area contributed by atoms with Crippen molar-refractivity contribution in [1.29, 1.82) is 0 Å². The first-order chi connectivity index (χ1) is 21.9. The van der Waals surface area contributed by atoms with E-state index in [2.05, 4.69) is 52.4 Å². The molecule has 3 heterocycles. The zero-order chi connectivity index (χ0) is 33.4. The van der Waals surface area contributed by atoms with Gasteiger partial charge in [0.15, 0.2) is 0 Å². The number of nitrogens with one attached hydrogen (secondary N) is 2. The van der Waals surface area contributed by atoms with Gasteiger partial charge in [0.05, 0.1) is 12.2 Å². The topological polar surface area (TPSA) is 116 Å². The Labute approximate surface area is 277 Å². The Balaban J connectivity index is 1.51. The van der Waals surface area contributed by atoms with Crippen molar-refractivity contribution in [3.63, 3.8) is 0 Å². The number of aryl methyl sites for hydroxylation is 2. The van der Waals surface area contributed by atoms with E-state index in [9.17, 15) is 9.59 Å². The summed E-state index contributed by atoms with van der Waals surface area (Å²) < 4.78 is 25.1. The van der Waals surface area contributed by atoms with Gasteiger partial charge in [-0.2, -0.15) is 26.3 Å². The minimum atomic E-state index is -1.22. The van der Waals surface area contributed by atoms with E-state index in [0.29, 0.717) is 54.7 Å². The van der Waals surface area contributed by atoms with Crippen LogP contribution in [-0.4, -0.2) is 69.1 Å². The maximum Gasteiger partial charge on any atom is 0.270 e. The third-order valence-corrected chi connectivity index (χ3v) is 11.0. The molecular weight excluding hydrogens is 622 g/mol. The number of anilines is 1. The number of rotatable bonds is 15. The largest absolute Gasteiger partial charge is 0.360 e. The van der Waals surface area contributed by atoms with Crippen LogP contribution >= 0.6 is 11.8 Å². The second kappa shape index (κ2) is 16.2. The molecule has 1 fully saturated rings. The number of hydrogen-bond acceptors (Lipinski definition) is 7. The number of amides is 2. The van der Waals surface area contributed by atoms with Gasteiger partial charge in [-0.05, 0) is 68.5 Å². The third-order valence-electron chi connectivity index (χ3n) is 8.70. The van der Waals surface area contributed by atoms with Crippen molar-refractivity contribution in [3.05, 3.63) is 47.4 Å². The fraction of sp³-hybridized carbons (Fsp3) is 0.606. The summed E-state index contributed by atoms with van der Waals surface area (Å²) in [6, 6.07) is 5.17. The van der Waals surface area contributed by atoms with Gasteiger partial charge in [-0.15, -0.1) is 0 Å². The first-order valence-electron chi connectivity index (χ1n) is 16.3. The molecule has 0 spiro atoms. The zero-order valence-corrected chi connectivity index (χ0v) is 30.2. The molecule has 1 aliphatic carbocycles. The molecule has 3 aromatic rings. The van der Waals surface area contributed by atoms with Gasteiger partial charge in [-0.25, -0.2) is 9.67 Å². The highest BCUT2D eigenvalue weighted by Crippen LogP contribution is 2.32. The molecule has 2 N–H and O–H groups in total. The Morgan fingerprint density at radius 2 is 1.89 bits per heavy atom. The van der Waals surface area contributed by atoms with Crippen LogP contribution in [0.5, 0.6) is 0 Å². The van der Waals surface area contributed by atoms with Crippen LogP contribution in [0, 0.1) is 24.7 Å². The highest BCUT2D eigenvalue weighted by atomic mass is 32.2. The average molecular weight is 672 g/mol. The van der Waals surface area contributed by atoms with Crippen molar-refractivity contribution in [2.24, 2.45) is 11.8 Å². The Morgan fingerprint density at radius 1 is 1.15 bits per heavy atom. The van der Waals surface area contributed by atoms with E-state index in [1.807, 2.05) is 20.1 Å². The fourth-order valence-electron chi connectivity index (χ4n) is 5.98. The molecule has 0 radical (unpaired) electrons. The predicted molar refractivity (Wildman–Crippen MR) is 185 cm³/mol. The summed E-state index contributed by atoms with van der Waals surface area (Å²) >= 11 is 1.67. The normalized spacial score (nSPS) is 17.6. The lowest BCUT2D eigenvalue weighted by atomic mass is 9.79. The molecule has 4 rings (SSSR count). The minimum absolute atomic E-state index is 0.0413. The van der Waals surface area contributed by atoms with Crippen LogP contribution in [0.1, 0.15) is 61.4 Å². The number of carbonyl (C=O) groups excluding carboxylic acids is 2. The van der Waals surface area contributed by atoms with Crippen molar-refractivity contribution in [2.75, 3.05) is 23.9 Å². The van der Waals surface area contributed by atoms with Crippen LogP contribution in [-0.2, 0) is 29.2 Å². The monoisotopic (exact) mass is 671 g/mol. The van der Waals surface area contributed by atoms with Crippen LogP contribution in [0.3, 0.4) is 0 Å². The lowest BCUT2D eigenvalue weighted by Crippen LogP contribution is -2.49. The van der Waals surface area contributed by atoms with E-state index in [0.717, 1.165) is 43.2 Å². The molecule has 1 atom stereocenters. The second-order valence-electron chi connectivity index (χ2n) is 13.5. The van der Waals surface area contributed by atoms with Crippen LogP contribution in [0.2, 0.25) is 25.7 Å². The molecule has 0 aliphatic heterocycles. The summed E-state index contributed by atoms with van der Waals surface area (Å²) in [7, 11) is -1.22. The van der Waals surface area contributed by atoms with Crippen molar-refractivity contribution in [3.8, 4) is 11.1 Å². The maximum absolute atomic E-state index is 15.7.